The first-order chi connectivity index (χ1) is 10.1. The van der Waals surface area contributed by atoms with Gasteiger partial charge in [-0.2, -0.15) is 4.31 Å². The second kappa shape index (κ2) is 6.07. The van der Waals surface area contributed by atoms with Crippen molar-refractivity contribution in [1.29, 1.82) is 0 Å². The van der Waals surface area contributed by atoms with E-state index in [0.29, 0.717) is 11.4 Å². The van der Waals surface area contributed by atoms with Crippen LogP contribution in [0.4, 0.5) is 0 Å². The highest BCUT2D eigenvalue weighted by atomic mass is 32.2. The molecule has 1 aliphatic carbocycles. The van der Waals surface area contributed by atoms with Crippen LogP contribution in [-0.4, -0.2) is 38.4 Å². The molecule has 0 spiro atoms. The normalized spacial score (nSPS) is 22.5. The molecule has 0 saturated carbocycles. The van der Waals surface area contributed by atoms with Crippen LogP contribution in [0.1, 0.15) is 37.3 Å². The second-order valence-corrected chi connectivity index (χ2v) is 7.88. The molecule has 4 nitrogen and oxygen atoms in total. The predicted molar refractivity (Wildman–Crippen MR) is 83.9 cm³/mol. The molecule has 0 amide bonds. The first-order valence-corrected chi connectivity index (χ1v) is 9.41. The molecule has 21 heavy (non-hydrogen) atoms. The van der Waals surface area contributed by atoms with E-state index in [-0.39, 0.29) is 6.04 Å². The largest absolute Gasteiger partial charge is 0.315 e. The molecule has 1 aromatic carbocycles. The Bertz CT molecular complexity index is 607. The highest BCUT2D eigenvalue weighted by Crippen LogP contribution is 2.27. The smallest absolute Gasteiger partial charge is 0.243 e. The van der Waals surface area contributed by atoms with Crippen LogP contribution in [-0.2, 0) is 22.9 Å². The van der Waals surface area contributed by atoms with E-state index in [9.17, 15) is 8.42 Å². The van der Waals surface area contributed by atoms with Gasteiger partial charge in [0.05, 0.1) is 4.90 Å². The third kappa shape index (κ3) is 2.87. The van der Waals surface area contributed by atoms with Crippen molar-refractivity contribution in [3.05, 3.63) is 29.3 Å². The van der Waals surface area contributed by atoms with Crippen LogP contribution >= 0.6 is 0 Å². The number of hydrogen-bond acceptors (Lipinski definition) is 3. The number of benzene rings is 1. The second-order valence-electron chi connectivity index (χ2n) is 5.99. The van der Waals surface area contributed by atoms with E-state index in [0.717, 1.165) is 32.4 Å². The Balaban J connectivity index is 1.93. The Labute approximate surface area is 127 Å². The summed E-state index contributed by atoms with van der Waals surface area (Å²) in [7, 11) is -3.37. The Morgan fingerprint density at radius 1 is 1.24 bits per heavy atom. The summed E-state index contributed by atoms with van der Waals surface area (Å²) in [5.74, 6) is 0. The van der Waals surface area contributed by atoms with Crippen LogP contribution in [0.15, 0.2) is 23.1 Å². The molecule has 5 heteroatoms. The minimum absolute atomic E-state index is 0.0935. The summed E-state index contributed by atoms with van der Waals surface area (Å²) in [4.78, 5) is 0.469. The van der Waals surface area contributed by atoms with Gasteiger partial charge in [0.25, 0.3) is 0 Å². The van der Waals surface area contributed by atoms with E-state index in [1.54, 1.807) is 10.4 Å². The number of likely N-dealkylation sites (N-methyl/N-ethyl adjacent to an activating group) is 1. The number of nitrogens with one attached hydrogen (secondary N) is 1. The van der Waals surface area contributed by atoms with Gasteiger partial charge in [-0.3, -0.25) is 0 Å². The van der Waals surface area contributed by atoms with Crippen LogP contribution in [0.3, 0.4) is 0 Å². The van der Waals surface area contributed by atoms with E-state index in [1.165, 1.54) is 24.0 Å². The SMILES string of the molecule is CCN(C1CCNC1)S(=O)(=O)c1ccc2c(c1)CCCC2. The monoisotopic (exact) mass is 308 g/mol. The Morgan fingerprint density at radius 2 is 2.00 bits per heavy atom. The lowest BCUT2D eigenvalue weighted by molar-refractivity contribution is 0.348. The minimum Gasteiger partial charge on any atom is -0.315 e. The zero-order valence-electron chi connectivity index (χ0n) is 12.6. The third-order valence-corrected chi connectivity index (χ3v) is 6.70. The fraction of sp³-hybridized carbons (Fsp3) is 0.625. The first-order valence-electron chi connectivity index (χ1n) is 7.97. The highest BCUT2D eigenvalue weighted by molar-refractivity contribution is 7.89. The molecule has 1 N–H and O–H groups in total. The molecule has 1 heterocycles. The quantitative estimate of drug-likeness (QED) is 0.925. The maximum Gasteiger partial charge on any atom is 0.243 e. The van der Waals surface area contributed by atoms with Crippen molar-refractivity contribution in [3.63, 3.8) is 0 Å². The molecule has 1 aliphatic heterocycles. The van der Waals surface area contributed by atoms with Crippen LogP contribution in [0.25, 0.3) is 0 Å². The van der Waals surface area contributed by atoms with E-state index < -0.39 is 10.0 Å². The van der Waals surface area contributed by atoms with Crippen molar-refractivity contribution in [3.8, 4) is 0 Å². The lowest BCUT2D eigenvalue weighted by Crippen LogP contribution is -2.41. The molecule has 1 saturated heterocycles. The fourth-order valence-corrected chi connectivity index (χ4v) is 5.23. The van der Waals surface area contributed by atoms with Gasteiger partial charge in [0, 0.05) is 19.1 Å². The van der Waals surface area contributed by atoms with E-state index in [2.05, 4.69) is 5.32 Å². The van der Waals surface area contributed by atoms with Gasteiger partial charge in [-0.25, -0.2) is 8.42 Å². The highest BCUT2D eigenvalue weighted by Gasteiger charge is 2.32. The summed E-state index contributed by atoms with van der Waals surface area (Å²) in [5, 5.41) is 3.25. The predicted octanol–water partition coefficient (Wildman–Crippen LogP) is 1.94. The molecule has 116 valence electrons. The molecule has 3 rings (SSSR count). The summed E-state index contributed by atoms with van der Waals surface area (Å²) in [6, 6.07) is 5.82. The first kappa shape index (κ1) is 15.0. The summed E-state index contributed by atoms with van der Waals surface area (Å²) < 4.78 is 27.5. The number of fused-ring (bicyclic) bond motifs is 1. The topological polar surface area (TPSA) is 49.4 Å². The van der Waals surface area contributed by atoms with E-state index in [1.807, 2.05) is 19.1 Å². The summed E-state index contributed by atoms with van der Waals surface area (Å²) in [6.45, 7) is 4.12. The molecule has 1 fully saturated rings. The van der Waals surface area contributed by atoms with E-state index >= 15 is 0 Å². The molecule has 2 aliphatic rings. The minimum atomic E-state index is -3.37. The van der Waals surface area contributed by atoms with Gasteiger partial charge < -0.3 is 5.32 Å². The number of nitrogens with zero attached hydrogens (tertiary/aromatic N) is 1. The van der Waals surface area contributed by atoms with Crippen molar-refractivity contribution in [2.75, 3.05) is 19.6 Å². The van der Waals surface area contributed by atoms with Crippen LogP contribution < -0.4 is 5.32 Å². The zero-order valence-corrected chi connectivity index (χ0v) is 13.5. The third-order valence-electron chi connectivity index (χ3n) is 4.68. The van der Waals surface area contributed by atoms with Gasteiger partial charge in [0.2, 0.25) is 10.0 Å². The Hall–Kier alpha value is -0.910. The number of hydrogen-bond donors (Lipinski definition) is 1. The number of aryl methyl sites for hydroxylation is 2. The van der Waals surface area contributed by atoms with Gasteiger partial charge in [0.15, 0.2) is 0 Å². The van der Waals surface area contributed by atoms with Gasteiger partial charge in [-0.1, -0.05) is 13.0 Å². The van der Waals surface area contributed by atoms with Crippen LogP contribution in [0.2, 0.25) is 0 Å². The Kier molecular flexibility index (Phi) is 4.33. The number of rotatable bonds is 4. The average Bonchev–Trinajstić information content (AvgIpc) is 3.01. The van der Waals surface area contributed by atoms with Crippen molar-refractivity contribution in [1.82, 2.24) is 9.62 Å². The van der Waals surface area contributed by atoms with Gasteiger partial charge in [0.1, 0.15) is 0 Å². The van der Waals surface area contributed by atoms with Crippen molar-refractivity contribution >= 4 is 10.0 Å². The van der Waals surface area contributed by atoms with E-state index in [4.69, 9.17) is 0 Å². The van der Waals surface area contributed by atoms with Crippen molar-refractivity contribution < 1.29 is 8.42 Å². The lowest BCUT2D eigenvalue weighted by atomic mass is 9.92. The summed E-state index contributed by atoms with van der Waals surface area (Å²) in [6.07, 6.45) is 5.38. The molecule has 1 aromatic rings. The zero-order chi connectivity index (χ0) is 14.9. The molecule has 0 aromatic heterocycles. The standard InChI is InChI=1S/C16H24N2O2S/c1-2-18(15-9-10-17-12-15)21(19,20)16-8-7-13-5-3-4-6-14(13)11-16/h7-8,11,15,17H,2-6,9-10,12H2,1H3. The Morgan fingerprint density at radius 3 is 2.67 bits per heavy atom. The summed E-state index contributed by atoms with van der Waals surface area (Å²) >= 11 is 0. The average molecular weight is 308 g/mol. The molecule has 1 atom stereocenters. The molecule has 0 bridgehead atoms. The maximum atomic E-state index is 12.9. The molecule has 0 radical (unpaired) electrons. The fourth-order valence-electron chi connectivity index (χ4n) is 3.52. The van der Waals surface area contributed by atoms with Crippen LogP contribution in [0, 0.1) is 0 Å². The van der Waals surface area contributed by atoms with Gasteiger partial charge in [-0.05, 0) is 61.9 Å². The van der Waals surface area contributed by atoms with Gasteiger partial charge in [-0.15, -0.1) is 0 Å². The maximum absolute atomic E-state index is 12.9. The summed E-state index contributed by atoms with van der Waals surface area (Å²) in [5.41, 5.74) is 2.55. The van der Waals surface area contributed by atoms with Crippen molar-refractivity contribution in [2.45, 2.75) is 50.0 Å². The van der Waals surface area contributed by atoms with Crippen LogP contribution in [0.5, 0.6) is 0 Å². The lowest BCUT2D eigenvalue weighted by Gasteiger charge is -2.27. The van der Waals surface area contributed by atoms with Crippen molar-refractivity contribution in [2.24, 2.45) is 0 Å². The molecule has 1 unspecified atom stereocenters. The number of sulfonamides is 1. The van der Waals surface area contributed by atoms with Gasteiger partial charge >= 0.3 is 0 Å². The molecular formula is C16H24N2O2S. The molecular weight excluding hydrogens is 284 g/mol.